The maximum absolute atomic E-state index is 13.0. The highest BCUT2D eigenvalue weighted by Gasteiger charge is 2.26. The quantitative estimate of drug-likeness (QED) is 0.442. The number of hydrogen-bond donors (Lipinski definition) is 0. The molecule has 0 unspecified atom stereocenters. The molecule has 6 rings (SSSR count). The van der Waals surface area contributed by atoms with Gasteiger partial charge < -0.3 is 18.8 Å². The second-order valence-electron chi connectivity index (χ2n) is 6.79. The Labute approximate surface area is 158 Å². The van der Waals surface area contributed by atoms with Gasteiger partial charge in [-0.15, -0.1) is 0 Å². The third-order valence-corrected chi connectivity index (χ3v) is 5.17. The van der Waals surface area contributed by atoms with Gasteiger partial charge in [0, 0.05) is 23.1 Å². The lowest BCUT2D eigenvalue weighted by molar-refractivity contribution is -0.138. The van der Waals surface area contributed by atoms with Crippen LogP contribution < -0.4 is 15.0 Å². The van der Waals surface area contributed by atoms with E-state index < -0.39 is 5.97 Å². The Bertz CT molecular complexity index is 1330. The van der Waals surface area contributed by atoms with Gasteiger partial charge in [-0.3, -0.25) is 4.79 Å². The van der Waals surface area contributed by atoms with Crippen molar-refractivity contribution in [2.45, 2.75) is 13.2 Å². The summed E-state index contributed by atoms with van der Waals surface area (Å²) in [6.07, 6.45) is 5.92. The van der Waals surface area contributed by atoms with Crippen LogP contribution in [0.25, 0.3) is 28.4 Å². The molecule has 2 aromatic heterocycles. The topological polar surface area (TPSA) is 79.7 Å². The summed E-state index contributed by atoms with van der Waals surface area (Å²) in [6.45, 7) is 0.395. The molecule has 0 saturated carbocycles. The summed E-state index contributed by atoms with van der Waals surface area (Å²) in [5.41, 5.74) is 4.19. The Kier molecular flexibility index (Phi) is 2.89. The second-order valence-corrected chi connectivity index (χ2v) is 6.79. The number of ether oxygens (including phenoxy) is 3. The predicted octanol–water partition coefficient (Wildman–Crippen LogP) is 2.74. The van der Waals surface area contributed by atoms with E-state index >= 15 is 0 Å². The van der Waals surface area contributed by atoms with Crippen LogP contribution in [0.4, 0.5) is 0 Å². The molecule has 3 aliphatic rings. The molecule has 7 nitrogen and oxygen atoms in total. The summed E-state index contributed by atoms with van der Waals surface area (Å²) in [7, 11) is 0. The lowest BCUT2D eigenvalue weighted by Crippen LogP contribution is -2.24. The second kappa shape index (κ2) is 5.32. The average Bonchev–Trinajstić information content (AvgIpc) is 2.94. The number of benzene rings is 1. The highest BCUT2D eigenvalue weighted by molar-refractivity contribution is 5.90. The first-order valence-corrected chi connectivity index (χ1v) is 8.75. The first-order valence-electron chi connectivity index (χ1n) is 8.75. The monoisotopic (exact) mass is 372 g/mol. The molecule has 3 aliphatic heterocycles. The Morgan fingerprint density at radius 1 is 0.964 bits per heavy atom. The first kappa shape index (κ1) is 15.2. The molecule has 0 N–H and O–H groups in total. The number of carbonyl (C=O) groups excluding carboxylic acids is 1. The van der Waals surface area contributed by atoms with Crippen LogP contribution >= 0.6 is 0 Å². The first-order chi connectivity index (χ1) is 13.7. The smallest absolute Gasteiger partial charge is 0.331 e. The number of rotatable bonds is 0. The van der Waals surface area contributed by atoms with Gasteiger partial charge in [0.05, 0.1) is 29.0 Å². The fraction of sp³-hybridized carbons (Fsp3) is 0.0952. The Morgan fingerprint density at radius 3 is 2.64 bits per heavy atom. The molecule has 1 aromatic carbocycles. The normalized spacial score (nSPS) is 15.6. The van der Waals surface area contributed by atoms with Gasteiger partial charge in [0.25, 0.3) is 5.56 Å². The van der Waals surface area contributed by atoms with E-state index in [9.17, 15) is 9.59 Å². The minimum Gasteiger partial charge on any atom is -0.458 e. The summed E-state index contributed by atoms with van der Waals surface area (Å²) < 4.78 is 17.7. The van der Waals surface area contributed by atoms with E-state index in [1.54, 1.807) is 10.6 Å². The van der Waals surface area contributed by atoms with Crippen molar-refractivity contribution in [2.75, 3.05) is 0 Å². The van der Waals surface area contributed by atoms with E-state index in [0.29, 0.717) is 29.2 Å². The standard InChI is InChI=1S/C21H12N2O5/c24-19-2-1-11-6-16-20-13(9-23(16)21(25)14(11)10-28-19)5-12-7-17-18(8-15(12)22-20)27-4-3-26-17/h1-8H,9-10H2. The Morgan fingerprint density at radius 2 is 1.79 bits per heavy atom. The number of cyclic esters (lactones) is 1. The summed E-state index contributed by atoms with van der Waals surface area (Å²) in [5.74, 6) is 0.771. The van der Waals surface area contributed by atoms with Crippen LogP contribution in [-0.2, 0) is 22.7 Å². The van der Waals surface area contributed by atoms with Crippen molar-refractivity contribution in [3.05, 3.63) is 69.9 Å². The molecule has 136 valence electrons. The number of pyridine rings is 2. The minimum atomic E-state index is -0.452. The van der Waals surface area contributed by atoms with Gasteiger partial charge in [0.2, 0.25) is 0 Å². The van der Waals surface area contributed by atoms with Crippen molar-refractivity contribution >= 4 is 22.9 Å². The summed E-state index contributed by atoms with van der Waals surface area (Å²) in [5, 5.41) is 0.910. The van der Waals surface area contributed by atoms with Crippen molar-refractivity contribution < 1.29 is 19.0 Å². The van der Waals surface area contributed by atoms with Crippen LogP contribution in [0.5, 0.6) is 11.5 Å². The zero-order valence-corrected chi connectivity index (χ0v) is 14.5. The lowest BCUT2D eigenvalue weighted by atomic mass is 10.1. The van der Waals surface area contributed by atoms with Crippen LogP contribution in [0.3, 0.4) is 0 Å². The number of nitrogens with zero attached hydrogens (tertiary/aromatic N) is 2. The summed E-state index contributed by atoms with van der Waals surface area (Å²) >= 11 is 0. The largest absolute Gasteiger partial charge is 0.458 e. The summed E-state index contributed by atoms with van der Waals surface area (Å²) in [4.78, 5) is 29.3. The van der Waals surface area contributed by atoms with Gasteiger partial charge in [-0.05, 0) is 29.8 Å². The highest BCUT2D eigenvalue weighted by atomic mass is 16.5. The van der Waals surface area contributed by atoms with Crippen molar-refractivity contribution in [3.63, 3.8) is 0 Å². The molecule has 5 heterocycles. The molecule has 0 amide bonds. The van der Waals surface area contributed by atoms with E-state index in [0.717, 1.165) is 27.9 Å². The van der Waals surface area contributed by atoms with Gasteiger partial charge in [0.1, 0.15) is 19.1 Å². The van der Waals surface area contributed by atoms with E-state index in [2.05, 4.69) is 0 Å². The van der Waals surface area contributed by atoms with E-state index in [1.807, 2.05) is 24.3 Å². The van der Waals surface area contributed by atoms with Crippen molar-refractivity contribution in [1.82, 2.24) is 9.55 Å². The maximum Gasteiger partial charge on any atom is 0.331 e. The third-order valence-electron chi connectivity index (χ3n) is 5.17. The van der Waals surface area contributed by atoms with Gasteiger partial charge >= 0.3 is 5.97 Å². The third kappa shape index (κ3) is 2.07. The van der Waals surface area contributed by atoms with Gasteiger partial charge in [-0.2, -0.15) is 0 Å². The molecular formula is C21H12N2O5. The Hall–Kier alpha value is -3.87. The summed E-state index contributed by atoms with van der Waals surface area (Å²) in [6, 6.07) is 7.61. The molecule has 0 saturated heterocycles. The van der Waals surface area contributed by atoms with Crippen molar-refractivity contribution in [2.24, 2.45) is 0 Å². The van der Waals surface area contributed by atoms with Crippen LogP contribution in [0.2, 0.25) is 0 Å². The molecule has 0 radical (unpaired) electrons. The Balaban J connectivity index is 1.57. The van der Waals surface area contributed by atoms with Gasteiger partial charge in [0.15, 0.2) is 11.5 Å². The van der Waals surface area contributed by atoms with Gasteiger partial charge in [-0.1, -0.05) is 0 Å². The lowest BCUT2D eigenvalue weighted by Gasteiger charge is -2.13. The fourth-order valence-electron chi connectivity index (χ4n) is 3.83. The minimum absolute atomic E-state index is 0.0274. The molecule has 0 fully saturated rings. The number of carbonyl (C=O) groups is 1. The van der Waals surface area contributed by atoms with E-state index in [-0.39, 0.29) is 12.2 Å². The number of hydrogen-bond acceptors (Lipinski definition) is 6. The number of aromatic nitrogens is 2. The molecular weight excluding hydrogens is 360 g/mol. The zero-order valence-electron chi connectivity index (χ0n) is 14.5. The average molecular weight is 372 g/mol. The van der Waals surface area contributed by atoms with E-state index in [1.165, 1.54) is 18.6 Å². The number of esters is 1. The molecule has 7 heteroatoms. The van der Waals surface area contributed by atoms with Crippen LogP contribution in [-0.4, -0.2) is 15.5 Å². The molecule has 3 aromatic rings. The number of fused-ring (bicyclic) bond motifs is 6. The maximum atomic E-state index is 13.0. The van der Waals surface area contributed by atoms with Crippen molar-refractivity contribution in [3.8, 4) is 22.9 Å². The van der Waals surface area contributed by atoms with Crippen molar-refractivity contribution in [1.29, 1.82) is 0 Å². The molecule has 0 atom stereocenters. The molecule has 0 aliphatic carbocycles. The van der Waals surface area contributed by atoms with E-state index in [4.69, 9.17) is 19.2 Å². The molecule has 0 spiro atoms. The van der Waals surface area contributed by atoms with Crippen LogP contribution in [0.15, 0.2) is 47.7 Å². The zero-order chi connectivity index (χ0) is 18.8. The predicted molar refractivity (Wildman–Crippen MR) is 99.8 cm³/mol. The molecule has 28 heavy (non-hydrogen) atoms. The highest BCUT2D eigenvalue weighted by Crippen LogP contribution is 2.38. The van der Waals surface area contributed by atoms with Crippen LogP contribution in [0.1, 0.15) is 16.7 Å². The SMILES string of the molecule is O=C1C=Cc2cc3n(c(=O)c2CO1)Cc1cc2cc4c(cc2nc1-3)OC=CO4. The van der Waals surface area contributed by atoms with Crippen LogP contribution in [0, 0.1) is 0 Å². The molecule has 0 bridgehead atoms. The fourth-order valence-corrected chi connectivity index (χ4v) is 3.83. The van der Waals surface area contributed by atoms with Gasteiger partial charge in [-0.25, -0.2) is 9.78 Å².